The number of rotatable bonds is 4. The Morgan fingerprint density at radius 2 is 1.94 bits per heavy atom. The van der Waals surface area contributed by atoms with Gasteiger partial charge in [-0.1, -0.05) is 30.7 Å². The normalized spacial score (nSPS) is 15.9. The molecule has 0 saturated heterocycles. The van der Waals surface area contributed by atoms with Crippen LogP contribution in [0, 0.1) is 0 Å². The quantitative estimate of drug-likeness (QED) is 0.852. The Hall–Kier alpha value is -0.570. The van der Waals surface area contributed by atoms with E-state index < -0.39 is 5.54 Å². The van der Waals surface area contributed by atoms with Crippen LogP contribution in [0.1, 0.15) is 32.8 Å². The van der Waals surface area contributed by atoms with Gasteiger partial charge in [0.25, 0.3) is 0 Å². The van der Waals surface area contributed by atoms with Gasteiger partial charge in [-0.2, -0.15) is 0 Å². The van der Waals surface area contributed by atoms with E-state index in [1.165, 1.54) is 0 Å². The first-order valence-electron chi connectivity index (χ1n) is 5.47. The maximum absolute atomic E-state index is 9.21. The molecule has 1 aromatic carbocycles. The lowest BCUT2D eigenvalue weighted by Crippen LogP contribution is -2.52. The van der Waals surface area contributed by atoms with E-state index in [1.54, 1.807) is 0 Å². The van der Waals surface area contributed by atoms with Crippen molar-refractivity contribution in [3.05, 3.63) is 34.9 Å². The molecule has 1 unspecified atom stereocenters. The van der Waals surface area contributed by atoms with Gasteiger partial charge in [0.05, 0.1) is 0 Å². The third kappa shape index (κ3) is 2.57. The van der Waals surface area contributed by atoms with E-state index in [4.69, 9.17) is 17.3 Å². The molecule has 0 amide bonds. The monoisotopic (exact) mass is 241 g/mol. The first-order valence-corrected chi connectivity index (χ1v) is 5.85. The summed E-state index contributed by atoms with van der Waals surface area (Å²) in [5.74, 6) is 0. The molecule has 0 aliphatic carbocycles. The molecule has 1 aromatic rings. The fourth-order valence-electron chi connectivity index (χ4n) is 1.89. The Balaban J connectivity index is 3.21. The zero-order valence-corrected chi connectivity index (χ0v) is 10.9. The molecule has 1 rings (SSSR count). The molecular weight excluding hydrogens is 222 g/mol. The van der Waals surface area contributed by atoms with Gasteiger partial charge in [-0.25, -0.2) is 0 Å². The summed E-state index contributed by atoms with van der Waals surface area (Å²) in [5, 5.41) is 9.91. The molecule has 16 heavy (non-hydrogen) atoms. The van der Waals surface area contributed by atoms with Gasteiger partial charge < -0.3 is 10.8 Å². The molecule has 0 aromatic heterocycles. The fourth-order valence-corrected chi connectivity index (χ4v) is 2.08. The summed E-state index contributed by atoms with van der Waals surface area (Å²) in [7, 11) is 0. The molecule has 0 heterocycles. The molecular formula is C13H20ClNO. The molecule has 0 spiro atoms. The average Bonchev–Trinajstić information content (AvgIpc) is 2.16. The molecule has 0 bridgehead atoms. The Bertz CT molecular complexity index is 359. The molecule has 3 heteroatoms. The lowest BCUT2D eigenvalue weighted by atomic mass is 9.67. The lowest BCUT2D eigenvalue weighted by Gasteiger charge is -2.42. The number of nitrogens with two attached hydrogens (primary N) is 1. The maximum atomic E-state index is 9.21. The largest absolute Gasteiger partial charge is 0.396 e. The summed E-state index contributed by atoms with van der Waals surface area (Å²) in [6.07, 6.45) is 0.622. The highest BCUT2D eigenvalue weighted by Crippen LogP contribution is 2.37. The van der Waals surface area contributed by atoms with Gasteiger partial charge in [-0.15, -0.1) is 0 Å². The van der Waals surface area contributed by atoms with Crippen LogP contribution < -0.4 is 5.73 Å². The minimum atomic E-state index is -0.416. The van der Waals surface area contributed by atoms with Crippen LogP contribution in [0.2, 0.25) is 5.02 Å². The first kappa shape index (κ1) is 13.5. The van der Waals surface area contributed by atoms with Crippen LogP contribution in [-0.2, 0) is 5.41 Å². The van der Waals surface area contributed by atoms with Gasteiger partial charge in [0.15, 0.2) is 0 Å². The summed E-state index contributed by atoms with van der Waals surface area (Å²) in [6.45, 7) is 6.13. The van der Waals surface area contributed by atoms with E-state index in [-0.39, 0.29) is 12.0 Å². The van der Waals surface area contributed by atoms with E-state index in [0.717, 1.165) is 5.56 Å². The van der Waals surface area contributed by atoms with Gasteiger partial charge in [-0.3, -0.25) is 0 Å². The second kappa shape index (κ2) is 4.74. The number of halogens is 1. The first-order chi connectivity index (χ1) is 7.31. The fraction of sp³-hybridized carbons (Fsp3) is 0.538. The topological polar surface area (TPSA) is 46.2 Å². The smallest absolute Gasteiger partial charge is 0.0440 e. The second-order valence-corrected chi connectivity index (χ2v) is 5.47. The van der Waals surface area contributed by atoms with Crippen LogP contribution in [-0.4, -0.2) is 17.3 Å². The van der Waals surface area contributed by atoms with Crippen molar-refractivity contribution in [1.29, 1.82) is 0 Å². The molecule has 2 nitrogen and oxygen atoms in total. The van der Waals surface area contributed by atoms with Gasteiger partial charge in [0, 0.05) is 22.6 Å². The molecule has 90 valence electrons. The second-order valence-electron chi connectivity index (χ2n) is 5.04. The van der Waals surface area contributed by atoms with Crippen molar-refractivity contribution < 1.29 is 5.11 Å². The molecule has 0 aliphatic rings. The van der Waals surface area contributed by atoms with Crippen molar-refractivity contribution in [1.82, 2.24) is 0 Å². The van der Waals surface area contributed by atoms with Gasteiger partial charge in [0.2, 0.25) is 0 Å². The van der Waals surface area contributed by atoms with Crippen LogP contribution in [0.3, 0.4) is 0 Å². The maximum Gasteiger partial charge on any atom is 0.0440 e. The summed E-state index contributed by atoms with van der Waals surface area (Å²) in [4.78, 5) is 0. The predicted molar refractivity (Wildman–Crippen MR) is 68.8 cm³/mol. The van der Waals surface area contributed by atoms with Crippen molar-refractivity contribution >= 4 is 11.6 Å². The molecule has 1 atom stereocenters. The Labute approximate surface area is 102 Å². The summed E-state index contributed by atoms with van der Waals surface area (Å²) in [5.41, 5.74) is 6.60. The molecule has 3 N–H and O–H groups in total. The molecule has 0 fully saturated rings. The zero-order chi connectivity index (χ0) is 12.4. The highest BCUT2D eigenvalue weighted by molar-refractivity contribution is 6.30. The Morgan fingerprint density at radius 1 is 1.31 bits per heavy atom. The van der Waals surface area contributed by atoms with Crippen LogP contribution >= 0.6 is 11.6 Å². The van der Waals surface area contributed by atoms with E-state index in [1.807, 2.05) is 38.1 Å². The standard InChI is InChI=1S/C13H20ClNO/c1-12(2,15)13(3,7-8-16)10-5-4-6-11(14)9-10/h4-6,9,16H,7-8,15H2,1-3H3. The number of hydrogen-bond acceptors (Lipinski definition) is 2. The minimum Gasteiger partial charge on any atom is -0.396 e. The third-order valence-corrected chi connectivity index (χ3v) is 3.73. The van der Waals surface area contributed by atoms with E-state index in [0.29, 0.717) is 11.4 Å². The van der Waals surface area contributed by atoms with Crippen LogP contribution in [0.5, 0.6) is 0 Å². The van der Waals surface area contributed by atoms with Crippen molar-refractivity contribution in [3.63, 3.8) is 0 Å². The van der Waals surface area contributed by atoms with E-state index in [9.17, 15) is 5.11 Å². The SMILES string of the molecule is CC(C)(N)C(C)(CCO)c1cccc(Cl)c1. The predicted octanol–water partition coefficient (Wildman–Crippen LogP) is 2.72. The number of benzene rings is 1. The van der Waals surface area contributed by atoms with Crippen molar-refractivity contribution in [2.45, 2.75) is 38.1 Å². The molecule has 0 saturated carbocycles. The zero-order valence-electron chi connectivity index (χ0n) is 10.1. The van der Waals surface area contributed by atoms with Gasteiger partial charge in [0.1, 0.15) is 0 Å². The van der Waals surface area contributed by atoms with Gasteiger partial charge >= 0.3 is 0 Å². The Kier molecular flexibility index (Phi) is 4.00. The average molecular weight is 242 g/mol. The number of aliphatic hydroxyl groups excluding tert-OH is 1. The van der Waals surface area contributed by atoms with Crippen LogP contribution in [0.15, 0.2) is 24.3 Å². The Morgan fingerprint density at radius 3 is 2.38 bits per heavy atom. The third-order valence-electron chi connectivity index (χ3n) is 3.50. The molecule has 0 aliphatic heterocycles. The van der Waals surface area contributed by atoms with Crippen molar-refractivity contribution in [2.75, 3.05) is 6.61 Å². The molecule has 0 radical (unpaired) electrons. The van der Waals surface area contributed by atoms with Crippen molar-refractivity contribution in [2.24, 2.45) is 5.73 Å². The van der Waals surface area contributed by atoms with E-state index in [2.05, 4.69) is 6.92 Å². The summed E-state index contributed by atoms with van der Waals surface area (Å²) >= 11 is 6.00. The summed E-state index contributed by atoms with van der Waals surface area (Å²) < 4.78 is 0. The van der Waals surface area contributed by atoms with Gasteiger partial charge in [-0.05, 0) is 38.0 Å². The van der Waals surface area contributed by atoms with E-state index >= 15 is 0 Å². The highest BCUT2D eigenvalue weighted by Gasteiger charge is 2.39. The minimum absolute atomic E-state index is 0.115. The van der Waals surface area contributed by atoms with Crippen LogP contribution in [0.4, 0.5) is 0 Å². The number of hydrogen-bond donors (Lipinski definition) is 2. The summed E-state index contributed by atoms with van der Waals surface area (Å²) in [6, 6.07) is 7.69. The number of aliphatic hydroxyl groups is 1. The highest BCUT2D eigenvalue weighted by atomic mass is 35.5. The lowest BCUT2D eigenvalue weighted by molar-refractivity contribution is 0.190. The van der Waals surface area contributed by atoms with Crippen LogP contribution in [0.25, 0.3) is 0 Å². The van der Waals surface area contributed by atoms with Crippen molar-refractivity contribution in [3.8, 4) is 0 Å².